The van der Waals surface area contributed by atoms with Gasteiger partial charge in [-0.25, -0.2) is 14.2 Å². The molecule has 0 spiro atoms. The molecule has 156 valence electrons. The topological polar surface area (TPSA) is 120 Å². The highest BCUT2D eigenvalue weighted by atomic mass is 16.5. The first kappa shape index (κ1) is 19.3. The average Bonchev–Trinajstić information content (AvgIpc) is 3.48. The molecule has 1 atom stereocenters. The zero-order valence-electron chi connectivity index (χ0n) is 17.1. The molecule has 10 nitrogen and oxygen atoms in total. The van der Waals surface area contributed by atoms with Crippen LogP contribution in [0.1, 0.15) is 12.5 Å². The standard InChI is InChI=1S/C22H17N9O/c1-15(13-30-14-25-28-29-30)32-18-4-2-3-16(9-18)21-6-8-31-22(27-21)20(12-26-31)19-11-24-7-5-17(19)10-23/h2-9,11-12,14-15H,13H2,1H3/t15-/m0/s1. The maximum Gasteiger partial charge on any atom is 0.163 e. The number of nitriles is 1. The molecule has 0 bridgehead atoms. The van der Waals surface area contributed by atoms with Gasteiger partial charge in [0, 0.05) is 35.3 Å². The predicted molar refractivity (Wildman–Crippen MR) is 114 cm³/mol. The first-order chi connectivity index (χ1) is 15.7. The Morgan fingerprint density at radius 3 is 2.94 bits per heavy atom. The second-order valence-electron chi connectivity index (χ2n) is 7.16. The van der Waals surface area contributed by atoms with Gasteiger partial charge in [0.25, 0.3) is 0 Å². The second kappa shape index (κ2) is 8.23. The van der Waals surface area contributed by atoms with Crippen LogP contribution < -0.4 is 4.74 Å². The van der Waals surface area contributed by atoms with Gasteiger partial charge in [-0.15, -0.1) is 5.10 Å². The number of aromatic nitrogens is 8. The number of rotatable bonds is 6. The summed E-state index contributed by atoms with van der Waals surface area (Å²) >= 11 is 0. The molecule has 0 N–H and O–H groups in total. The number of hydrogen-bond acceptors (Lipinski definition) is 8. The minimum absolute atomic E-state index is 0.124. The molecular weight excluding hydrogens is 406 g/mol. The lowest BCUT2D eigenvalue weighted by Crippen LogP contribution is -2.20. The number of nitrogens with zero attached hydrogens (tertiary/aromatic N) is 9. The lowest BCUT2D eigenvalue weighted by molar-refractivity contribution is 0.193. The van der Waals surface area contributed by atoms with Crippen LogP contribution in [0.2, 0.25) is 0 Å². The third kappa shape index (κ3) is 3.75. The number of pyridine rings is 1. The highest BCUT2D eigenvalue weighted by molar-refractivity contribution is 5.81. The van der Waals surface area contributed by atoms with Crippen molar-refractivity contribution in [3.63, 3.8) is 0 Å². The van der Waals surface area contributed by atoms with E-state index in [2.05, 4.69) is 31.7 Å². The molecule has 0 amide bonds. The SMILES string of the molecule is C[C@@H](Cn1cnnn1)Oc1cccc(-c2ccn3ncc(-c4cnccc4C#N)c3n2)c1. The summed E-state index contributed by atoms with van der Waals surface area (Å²) in [5, 5.41) is 25.0. The molecule has 0 fully saturated rings. The van der Waals surface area contributed by atoms with E-state index < -0.39 is 0 Å². The first-order valence-electron chi connectivity index (χ1n) is 9.88. The van der Waals surface area contributed by atoms with Crippen LogP contribution in [-0.4, -0.2) is 45.9 Å². The van der Waals surface area contributed by atoms with Gasteiger partial charge in [0.1, 0.15) is 18.2 Å². The van der Waals surface area contributed by atoms with E-state index in [9.17, 15) is 5.26 Å². The summed E-state index contributed by atoms with van der Waals surface area (Å²) in [4.78, 5) is 8.97. The van der Waals surface area contributed by atoms with E-state index in [0.717, 1.165) is 22.6 Å². The summed E-state index contributed by atoms with van der Waals surface area (Å²) in [5.41, 5.74) is 4.28. The van der Waals surface area contributed by atoms with Gasteiger partial charge in [-0.05, 0) is 41.6 Å². The number of fused-ring (bicyclic) bond motifs is 1. The predicted octanol–water partition coefficient (Wildman–Crippen LogP) is 2.78. The van der Waals surface area contributed by atoms with Gasteiger partial charge >= 0.3 is 0 Å². The molecule has 0 saturated carbocycles. The number of ether oxygens (including phenoxy) is 1. The molecule has 0 aliphatic carbocycles. The summed E-state index contributed by atoms with van der Waals surface area (Å²) in [6.07, 6.45) is 8.23. The van der Waals surface area contributed by atoms with E-state index in [0.29, 0.717) is 23.3 Å². The van der Waals surface area contributed by atoms with Gasteiger partial charge in [0.05, 0.1) is 30.1 Å². The van der Waals surface area contributed by atoms with Crippen molar-refractivity contribution in [1.82, 2.24) is 39.8 Å². The highest BCUT2D eigenvalue weighted by Gasteiger charge is 2.14. The summed E-state index contributed by atoms with van der Waals surface area (Å²) in [6, 6.07) is 13.5. The largest absolute Gasteiger partial charge is 0.489 e. The Labute approximate surface area is 182 Å². The lowest BCUT2D eigenvalue weighted by Gasteiger charge is -2.15. The Bertz CT molecular complexity index is 1420. The fourth-order valence-corrected chi connectivity index (χ4v) is 3.45. The maximum atomic E-state index is 9.45. The van der Waals surface area contributed by atoms with Crippen molar-refractivity contribution in [3.8, 4) is 34.2 Å². The van der Waals surface area contributed by atoms with Crippen LogP contribution in [-0.2, 0) is 6.54 Å². The minimum atomic E-state index is -0.124. The van der Waals surface area contributed by atoms with E-state index in [4.69, 9.17) is 9.72 Å². The molecule has 5 rings (SSSR count). The normalized spacial score (nSPS) is 11.9. The van der Waals surface area contributed by atoms with E-state index in [1.165, 1.54) is 0 Å². The van der Waals surface area contributed by atoms with Crippen molar-refractivity contribution in [2.45, 2.75) is 19.6 Å². The van der Waals surface area contributed by atoms with Crippen LogP contribution in [0.5, 0.6) is 5.75 Å². The number of tetrazole rings is 1. The van der Waals surface area contributed by atoms with E-state index in [-0.39, 0.29) is 6.10 Å². The van der Waals surface area contributed by atoms with Gasteiger partial charge in [0.15, 0.2) is 5.65 Å². The third-order valence-corrected chi connectivity index (χ3v) is 4.90. The quantitative estimate of drug-likeness (QED) is 0.409. The Kier molecular flexibility index (Phi) is 4.97. The van der Waals surface area contributed by atoms with Crippen molar-refractivity contribution < 1.29 is 4.74 Å². The molecule has 4 aromatic heterocycles. The highest BCUT2D eigenvalue weighted by Crippen LogP contribution is 2.28. The fourth-order valence-electron chi connectivity index (χ4n) is 3.45. The molecule has 0 radical (unpaired) electrons. The van der Waals surface area contributed by atoms with Gasteiger partial charge < -0.3 is 4.74 Å². The summed E-state index contributed by atoms with van der Waals surface area (Å²) in [6.45, 7) is 2.49. The first-order valence-corrected chi connectivity index (χ1v) is 9.88. The molecule has 0 saturated heterocycles. The summed E-state index contributed by atoms with van der Waals surface area (Å²) in [7, 11) is 0. The van der Waals surface area contributed by atoms with E-state index in [1.54, 1.807) is 40.2 Å². The number of hydrogen-bond donors (Lipinski definition) is 0. The zero-order valence-corrected chi connectivity index (χ0v) is 17.1. The van der Waals surface area contributed by atoms with Crippen molar-refractivity contribution >= 4 is 5.65 Å². The molecule has 4 heterocycles. The van der Waals surface area contributed by atoms with Crippen molar-refractivity contribution in [1.29, 1.82) is 5.26 Å². The van der Waals surface area contributed by atoms with Gasteiger partial charge in [0.2, 0.25) is 0 Å². The Hall–Kier alpha value is -4.65. The van der Waals surface area contributed by atoms with Crippen molar-refractivity contribution in [2.24, 2.45) is 0 Å². The average molecular weight is 423 g/mol. The van der Waals surface area contributed by atoms with Crippen molar-refractivity contribution in [3.05, 3.63) is 73.1 Å². The minimum Gasteiger partial charge on any atom is -0.489 e. The van der Waals surface area contributed by atoms with Crippen LogP contribution in [0.3, 0.4) is 0 Å². The van der Waals surface area contributed by atoms with E-state index >= 15 is 0 Å². The maximum absolute atomic E-state index is 9.45. The second-order valence-corrected chi connectivity index (χ2v) is 7.16. The molecule has 5 aromatic rings. The monoisotopic (exact) mass is 423 g/mol. The molecule has 0 unspecified atom stereocenters. The van der Waals surface area contributed by atoms with Crippen LogP contribution in [0.15, 0.2) is 67.5 Å². The van der Waals surface area contributed by atoms with Crippen LogP contribution >= 0.6 is 0 Å². The van der Waals surface area contributed by atoms with Gasteiger partial charge in [-0.2, -0.15) is 10.4 Å². The number of benzene rings is 1. The smallest absolute Gasteiger partial charge is 0.163 e. The molecule has 10 heteroatoms. The summed E-state index contributed by atoms with van der Waals surface area (Å²) < 4.78 is 9.35. The van der Waals surface area contributed by atoms with Gasteiger partial charge in [-0.3, -0.25) is 4.98 Å². The lowest BCUT2D eigenvalue weighted by atomic mass is 10.1. The van der Waals surface area contributed by atoms with Crippen LogP contribution in [0.4, 0.5) is 0 Å². The Morgan fingerprint density at radius 2 is 2.09 bits per heavy atom. The Morgan fingerprint density at radius 1 is 1.16 bits per heavy atom. The Balaban J connectivity index is 1.46. The zero-order chi connectivity index (χ0) is 21.9. The third-order valence-electron chi connectivity index (χ3n) is 4.90. The summed E-state index contributed by atoms with van der Waals surface area (Å²) in [5.74, 6) is 0.720. The van der Waals surface area contributed by atoms with E-state index in [1.807, 2.05) is 43.5 Å². The van der Waals surface area contributed by atoms with Crippen molar-refractivity contribution in [2.75, 3.05) is 0 Å². The molecule has 32 heavy (non-hydrogen) atoms. The molecular formula is C22H17N9O. The molecule has 0 aliphatic heterocycles. The van der Waals surface area contributed by atoms with Crippen LogP contribution in [0.25, 0.3) is 28.0 Å². The molecule has 1 aromatic carbocycles. The van der Waals surface area contributed by atoms with Gasteiger partial charge in [-0.1, -0.05) is 12.1 Å². The van der Waals surface area contributed by atoms with Crippen LogP contribution in [0, 0.1) is 11.3 Å². The fraction of sp³-hybridized carbons (Fsp3) is 0.136. The molecule has 0 aliphatic rings.